The lowest BCUT2D eigenvalue weighted by atomic mass is 10.00. The summed E-state index contributed by atoms with van der Waals surface area (Å²) in [5.41, 5.74) is 1.23. The molecule has 0 aliphatic heterocycles. The summed E-state index contributed by atoms with van der Waals surface area (Å²) in [6.45, 7) is 0. The molecule has 3 aromatic rings. The van der Waals surface area contributed by atoms with E-state index in [4.69, 9.17) is 11.6 Å². The maximum atomic E-state index is 11.2. The van der Waals surface area contributed by atoms with Gasteiger partial charge in [-0.3, -0.25) is 10.1 Å². The second-order valence-electron chi connectivity index (χ2n) is 4.45. The quantitative estimate of drug-likeness (QED) is 0.487. The predicted octanol–water partition coefficient (Wildman–Crippen LogP) is 5.07. The lowest BCUT2D eigenvalue weighted by Gasteiger charge is -2.07. The number of nitrogens with zero attached hydrogens (tertiary/aromatic N) is 1. The molecule has 0 aromatic heterocycles. The Bertz CT molecular complexity index is 814. The highest BCUT2D eigenvalue weighted by Crippen LogP contribution is 2.37. The fourth-order valence-corrected chi connectivity index (χ4v) is 2.57. The summed E-state index contributed by atoms with van der Waals surface area (Å²) in [5, 5.41) is 13.7. The van der Waals surface area contributed by atoms with Crippen molar-refractivity contribution in [3.63, 3.8) is 0 Å². The molecular weight excluding hydrogens is 274 g/mol. The van der Waals surface area contributed by atoms with E-state index in [0.29, 0.717) is 10.6 Å². The highest BCUT2D eigenvalue weighted by Gasteiger charge is 2.18. The Kier molecular flexibility index (Phi) is 3.12. The number of fused-ring (bicyclic) bond motifs is 1. The van der Waals surface area contributed by atoms with E-state index in [1.165, 1.54) is 6.07 Å². The van der Waals surface area contributed by atoms with Crippen LogP contribution in [0.25, 0.3) is 21.9 Å². The molecule has 0 fully saturated rings. The van der Waals surface area contributed by atoms with Crippen LogP contribution in [0.2, 0.25) is 5.02 Å². The summed E-state index contributed by atoms with van der Waals surface area (Å²) in [7, 11) is 0. The highest BCUT2D eigenvalue weighted by atomic mass is 35.5. The summed E-state index contributed by atoms with van der Waals surface area (Å²) in [5.74, 6) is 0. The van der Waals surface area contributed by atoms with Gasteiger partial charge in [-0.25, -0.2) is 0 Å². The molecule has 0 spiro atoms. The Hall–Kier alpha value is -2.39. The van der Waals surface area contributed by atoms with Crippen LogP contribution in [0.3, 0.4) is 0 Å². The van der Waals surface area contributed by atoms with Crippen LogP contribution in [0.5, 0.6) is 0 Å². The van der Waals surface area contributed by atoms with E-state index in [0.717, 1.165) is 16.3 Å². The van der Waals surface area contributed by atoms with E-state index in [2.05, 4.69) is 0 Å². The monoisotopic (exact) mass is 283 g/mol. The molecule has 0 atom stereocenters. The number of nitro groups is 1. The fraction of sp³-hybridized carbons (Fsp3) is 0. The van der Waals surface area contributed by atoms with Gasteiger partial charge in [0.2, 0.25) is 0 Å². The van der Waals surface area contributed by atoms with Crippen molar-refractivity contribution in [2.24, 2.45) is 0 Å². The van der Waals surface area contributed by atoms with Crippen LogP contribution in [-0.4, -0.2) is 4.92 Å². The molecule has 3 aromatic carbocycles. The maximum absolute atomic E-state index is 11.2. The Labute approximate surface area is 120 Å². The van der Waals surface area contributed by atoms with Crippen molar-refractivity contribution < 1.29 is 4.92 Å². The molecule has 0 N–H and O–H groups in total. The number of benzene rings is 3. The fourth-order valence-electron chi connectivity index (χ4n) is 2.30. The summed E-state index contributed by atoms with van der Waals surface area (Å²) in [4.78, 5) is 10.8. The Morgan fingerprint density at radius 2 is 1.65 bits per heavy atom. The lowest BCUT2D eigenvalue weighted by Crippen LogP contribution is -1.92. The van der Waals surface area contributed by atoms with Gasteiger partial charge in [-0.05, 0) is 28.5 Å². The average molecular weight is 284 g/mol. The second-order valence-corrected chi connectivity index (χ2v) is 4.86. The van der Waals surface area contributed by atoms with Crippen LogP contribution < -0.4 is 0 Å². The molecule has 0 saturated heterocycles. The van der Waals surface area contributed by atoms with E-state index in [-0.39, 0.29) is 5.69 Å². The Balaban J connectivity index is 2.28. The van der Waals surface area contributed by atoms with Gasteiger partial charge < -0.3 is 0 Å². The van der Waals surface area contributed by atoms with Crippen LogP contribution in [0.4, 0.5) is 5.69 Å². The van der Waals surface area contributed by atoms with Gasteiger partial charge in [0.1, 0.15) is 0 Å². The topological polar surface area (TPSA) is 43.1 Å². The van der Waals surface area contributed by atoms with Crippen LogP contribution in [0, 0.1) is 10.1 Å². The molecule has 4 heteroatoms. The SMILES string of the molecule is O=[N+]([O-])c1cccc(Cl)c1-c1ccc2ccccc2c1. The van der Waals surface area contributed by atoms with Crippen molar-refractivity contribution in [2.45, 2.75) is 0 Å². The molecular formula is C16H10ClNO2. The molecule has 3 nitrogen and oxygen atoms in total. The first-order valence-corrected chi connectivity index (χ1v) is 6.47. The average Bonchev–Trinajstić information content (AvgIpc) is 2.46. The highest BCUT2D eigenvalue weighted by molar-refractivity contribution is 6.34. The van der Waals surface area contributed by atoms with Crippen molar-refractivity contribution >= 4 is 28.1 Å². The minimum atomic E-state index is -0.406. The second kappa shape index (κ2) is 4.94. The summed E-state index contributed by atoms with van der Waals surface area (Å²) in [6.07, 6.45) is 0. The third-order valence-electron chi connectivity index (χ3n) is 3.23. The van der Waals surface area contributed by atoms with Crippen LogP contribution in [-0.2, 0) is 0 Å². The van der Waals surface area contributed by atoms with Crippen LogP contribution in [0.1, 0.15) is 0 Å². The summed E-state index contributed by atoms with van der Waals surface area (Å²) < 4.78 is 0. The first-order valence-electron chi connectivity index (χ1n) is 6.09. The van der Waals surface area contributed by atoms with E-state index in [9.17, 15) is 10.1 Å². The summed E-state index contributed by atoms with van der Waals surface area (Å²) >= 11 is 6.15. The molecule has 0 aliphatic rings. The predicted molar refractivity (Wildman–Crippen MR) is 81.0 cm³/mol. The van der Waals surface area contributed by atoms with Crippen LogP contribution in [0.15, 0.2) is 60.7 Å². The van der Waals surface area contributed by atoms with Gasteiger partial charge in [0.15, 0.2) is 0 Å². The molecule has 0 radical (unpaired) electrons. The molecule has 0 aliphatic carbocycles. The number of nitro benzene ring substituents is 1. The minimum Gasteiger partial charge on any atom is -0.258 e. The molecule has 0 bridgehead atoms. The summed E-state index contributed by atoms with van der Waals surface area (Å²) in [6, 6.07) is 18.3. The first kappa shape index (κ1) is 12.6. The van der Waals surface area contributed by atoms with E-state index < -0.39 is 4.92 Å². The maximum Gasteiger partial charge on any atom is 0.278 e. The molecule has 0 amide bonds. The third kappa shape index (κ3) is 2.12. The number of hydrogen-bond acceptors (Lipinski definition) is 2. The van der Waals surface area contributed by atoms with Gasteiger partial charge in [-0.2, -0.15) is 0 Å². The van der Waals surface area contributed by atoms with Gasteiger partial charge in [0, 0.05) is 6.07 Å². The molecule has 0 unspecified atom stereocenters. The first-order chi connectivity index (χ1) is 9.66. The van der Waals surface area contributed by atoms with Gasteiger partial charge in [0.25, 0.3) is 5.69 Å². The van der Waals surface area contributed by atoms with Crippen LogP contribution >= 0.6 is 11.6 Å². The van der Waals surface area contributed by atoms with E-state index in [1.54, 1.807) is 12.1 Å². The molecule has 0 heterocycles. The van der Waals surface area contributed by atoms with Crippen molar-refractivity contribution in [2.75, 3.05) is 0 Å². The van der Waals surface area contributed by atoms with Gasteiger partial charge >= 0.3 is 0 Å². The third-order valence-corrected chi connectivity index (χ3v) is 3.54. The van der Waals surface area contributed by atoms with Crippen molar-refractivity contribution in [1.82, 2.24) is 0 Å². The lowest BCUT2D eigenvalue weighted by molar-refractivity contribution is -0.384. The molecule has 3 rings (SSSR count). The zero-order valence-corrected chi connectivity index (χ0v) is 11.2. The van der Waals surface area contributed by atoms with Crippen molar-refractivity contribution in [3.8, 4) is 11.1 Å². The van der Waals surface area contributed by atoms with Crippen molar-refractivity contribution in [1.29, 1.82) is 0 Å². The molecule has 0 saturated carbocycles. The van der Waals surface area contributed by atoms with Gasteiger partial charge in [-0.15, -0.1) is 0 Å². The number of halogens is 1. The van der Waals surface area contributed by atoms with Gasteiger partial charge in [0.05, 0.1) is 15.5 Å². The van der Waals surface area contributed by atoms with E-state index in [1.807, 2.05) is 42.5 Å². The Morgan fingerprint density at radius 1 is 0.900 bits per heavy atom. The van der Waals surface area contributed by atoms with Crippen molar-refractivity contribution in [3.05, 3.63) is 75.8 Å². The zero-order chi connectivity index (χ0) is 14.1. The van der Waals surface area contributed by atoms with E-state index >= 15 is 0 Å². The smallest absolute Gasteiger partial charge is 0.258 e. The molecule has 98 valence electrons. The molecule has 20 heavy (non-hydrogen) atoms. The zero-order valence-electron chi connectivity index (χ0n) is 10.4. The number of rotatable bonds is 2. The minimum absolute atomic E-state index is 0.0211. The van der Waals surface area contributed by atoms with Gasteiger partial charge in [-0.1, -0.05) is 54.1 Å². The Morgan fingerprint density at radius 3 is 2.40 bits per heavy atom. The normalized spacial score (nSPS) is 10.7. The number of hydrogen-bond donors (Lipinski definition) is 0. The standard InChI is InChI=1S/C16H10ClNO2/c17-14-6-3-7-15(18(19)20)16(14)13-9-8-11-4-1-2-5-12(11)10-13/h1-10H. The largest absolute Gasteiger partial charge is 0.278 e.